The molecule has 1 saturated carbocycles. The van der Waals surface area contributed by atoms with Gasteiger partial charge in [-0.05, 0) is 18.9 Å². The fourth-order valence-electron chi connectivity index (χ4n) is 1.49. The number of aromatic nitrogens is 3. The van der Waals surface area contributed by atoms with E-state index in [2.05, 4.69) is 21.3 Å². The number of nitrogens with one attached hydrogen (secondary N) is 1. The number of hydrogen-bond donors (Lipinski definition) is 1. The highest BCUT2D eigenvalue weighted by Crippen LogP contribution is 2.40. The maximum Gasteiger partial charge on any atom is 0.174 e. The van der Waals surface area contributed by atoms with Crippen molar-refractivity contribution in [2.24, 2.45) is 0 Å². The summed E-state index contributed by atoms with van der Waals surface area (Å²) in [5.41, 5.74) is 3.19. The average Bonchev–Trinajstić information content (AvgIpc) is 2.82. The second kappa shape index (κ2) is 2.06. The van der Waals surface area contributed by atoms with E-state index in [9.17, 15) is 0 Å². The van der Waals surface area contributed by atoms with Crippen LogP contribution in [0.25, 0.3) is 11.0 Å². The van der Waals surface area contributed by atoms with Gasteiger partial charge in [-0.3, -0.25) is 4.98 Å². The number of H-pyrrole nitrogens is 1. The van der Waals surface area contributed by atoms with Crippen LogP contribution in [0.3, 0.4) is 0 Å². The van der Waals surface area contributed by atoms with Crippen LogP contribution in [0.4, 0.5) is 0 Å². The van der Waals surface area contributed by atoms with Gasteiger partial charge in [0.15, 0.2) is 6.33 Å². The largest absolute Gasteiger partial charge is 0.335 e. The summed E-state index contributed by atoms with van der Waals surface area (Å²) >= 11 is 0. The number of imidazole rings is 1. The highest BCUT2D eigenvalue weighted by atomic mass is 14.9. The Labute approximate surface area is 69.9 Å². The van der Waals surface area contributed by atoms with Crippen molar-refractivity contribution in [2.75, 3.05) is 0 Å². The third-order valence-electron chi connectivity index (χ3n) is 2.27. The zero-order valence-corrected chi connectivity index (χ0v) is 6.54. The van der Waals surface area contributed by atoms with E-state index in [1.54, 1.807) is 0 Å². The van der Waals surface area contributed by atoms with E-state index in [1.807, 2.05) is 12.3 Å². The Kier molecular flexibility index (Phi) is 1.06. The van der Waals surface area contributed by atoms with Crippen LogP contribution < -0.4 is 0 Å². The van der Waals surface area contributed by atoms with Gasteiger partial charge in [-0.2, -0.15) is 0 Å². The Balaban J connectivity index is 2.32. The Morgan fingerprint density at radius 1 is 1.50 bits per heavy atom. The molecule has 0 aliphatic heterocycles. The first-order valence-corrected chi connectivity index (χ1v) is 4.16. The summed E-state index contributed by atoms with van der Waals surface area (Å²) in [4.78, 5) is 11.4. The van der Waals surface area contributed by atoms with E-state index >= 15 is 0 Å². The lowest BCUT2D eigenvalue weighted by atomic mass is 10.2. The van der Waals surface area contributed by atoms with E-state index in [1.165, 1.54) is 12.8 Å². The van der Waals surface area contributed by atoms with Crippen molar-refractivity contribution in [3.05, 3.63) is 24.3 Å². The summed E-state index contributed by atoms with van der Waals surface area (Å²) in [6.07, 6.45) is 7.11. The van der Waals surface area contributed by atoms with Gasteiger partial charge in [-0.15, -0.1) is 0 Å². The van der Waals surface area contributed by atoms with E-state index in [0.29, 0.717) is 5.92 Å². The van der Waals surface area contributed by atoms with E-state index in [0.717, 1.165) is 16.7 Å². The number of fused-ring (bicyclic) bond motifs is 1. The minimum Gasteiger partial charge on any atom is -0.335 e. The van der Waals surface area contributed by atoms with Gasteiger partial charge in [0.05, 0.1) is 11.2 Å². The highest BCUT2D eigenvalue weighted by Gasteiger charge is 2.27. The highest BCUT2D eigenvalue weighted by molar-refractivity contribution is 5.77. The number of rotatable bonds is 1. The van der Waals surface area contributed by atoms with Crippen LogP contribution >= 0.6 is 0 Å². The van der Waals surface area contributed by atoms with Gasteiger partial charge in [0, 0.05) is 12.1 Å². The minimum atomic E-state index is 0.658. The SMILES string of the molecule is [c]1nc2c(C3CC3)nccc2[nH]1. The predicted octanol–water partition coefficient (Wildman–Crippen LogP) is 1.64. The minimum absolute atomic E-state index is 0.658. The summed E-state index contributed by atoms with van der Waals surface area (Å²) in [5.74, 6) is 0.658. The smallest absolute Gasteiger partial charge is 0.174 e. The van der Waals surface area contributed by atoms with Crippen LogP contribution in [0.2, 0.25) is 0 Å². The molecule has 0 amide bonds. The van der Waals surface area contributed by atoms with Gasteiger partial charge in [-0.1, -0.05) is 0 Å². The maximum absolute atomic E-state index is 4.34. The predicted molar refractivity (Wildman–Crippen MR) is 44.7 cm³/mol. The van der Waals surface area contributed by atoms with Crippen LogP contribution in [0.1, 0.15) is 24.5 Å². The van der Waals surface area contributed by atoms with Gasteiger partial charge >= 0.3 is 0 Å². The van der Waals surface area contributed by atoms with Crippen molar-refractivity contribution in [3.8, 4) is 0 Å². The molecule has 0 bridgehead atoms. The van der Waals surface area contributed by atoms with Crippen LogP contribution in [0, 0.1) is 6.33 Å². The molecule has 0 spiro atoms. The lowest BCUT2D eigenvalue weighted by Crippen LogP contribution is -1.86. The zero-order valence-electron chi connectivity index (χ0n) is 6.54. The first-order chi connectivity index (χ1) is 5.95. The van der Waals surface area contributed by atoms with Gasteiger partial charge in [0.25, 0.3) is 0 Å². The molecule has 0 unspecified atom stereocenters. The lowest BCUT2D eigenvalue weighted by Gasteiger charge is -1.95. The Bertz CT molecular complexity index is 414. The summed E-state index contributed by atoms with van der Waals surface area (Å²) in [6.45, 7) is 0. The van der Waals surface area contributed by atoms with Crippen molar-refractivity contribution < 1.29 is 0 Å². The first-order valence-electron chi connectivity index (χ1n) is 4.16. The van der Waals surface area contributed by atoms with Gasteiger partial charge in [0.2, 0.25) is 0 Å². The molecule has 1 N–H and O–H groups in total. The molecule has 1 aliphatic carbocycles. The van der Waals surface area contributed by atoms with E-state index in [4.69, 9.17) is 0 Å². The normalized spacial score (nSPS) is 17.0. The van der Waals surface area contributed by atoms with Crippen LogP contribution in [-0.4, -0.2) is 15.0 Å². The first kappa shape index (κ1) is 6.17. The average molecular weight is 158 g/mol. The molecule has 0 aromatic carbocycles. The Hall–Kier alpha value is -1.38. The fraction of sp³-hybridized carbons (Fsp3) is 0.333. The number of nitrogens with zero attached hydrogens (tertiary/aromatic N) is 2. The van der Waals surface area contributed by atoms with Gasteiger partial charge in [-0.25, -0.2) is 4.98 Å². The van der Waals surface area contributed by atoms with Crippen LogP contribution in [0.5, 0.6) is 0 Å². The molecule has 12 heavy (non-hydrogen) atoms. The van der Waals surface area contributed by atoms with Crippen molar-refractivity contribution in [1.29, 1.82) is 0 Å². The van der Waals surface area contributed by atoms with Crippen molar-refractivity contribution in [3.63, 3.8) is 0 Å². The number of pyridine rings is 1. The Morgan fingerprint density at radius 3 is 3.25 bits per heavy atom. The molecule has 1 radical (unpaired) electrons. The molecule has 2 aromatic rings. The molecule has 0 saturated heterocycles. The third kappa shape index (κ3) is 0.763. The van der Waals surface area contributed by atoms with Gasteiger partial charge in [0.1, 0.15) is 5.52 Å². The molecular weight excluding hydrogens is 150 g/mol. The van der Waals surface area contributed by atoms with Crippen LogP contribution in [0.15, 0.2) is 12.3 Å². The molecule has 1 fully saturated rings. The topological polar surface area (TPSA) is 41.6 Å². The van der Waals surface area contributed by atoms with E-state index < -0.39 is 0 Å². The molecule has 0 atom stereocenters. The quantitative estimate of drug-likeness (QED) is 0.685. The number of hydrogen-bond acceptors (Lipinski definition) is 2. The van der Waals surface area contributed by atoms with Crippen molar-refractivity contribution in [2.45, 2.75) is 18.8 Å². The molecule has 59 valence electrons. The van der Waals surface area contributed by atoms with Crippen molar-refractivity contribution >= 4 is 11.0 Å². The summed E-state index contributed by atoms with van der Waals surface area (Å²) in [7, 11) is 0. The lowest BCUT2D eigenvalue weighted by molar-refractivity contribution is 1.04. The van der Waals surface area contributed by atoms with Crippen molar-refractivity contribution in [1.82, 2.24) is 15.0 Å². The van der Waals surface area contributed by atoms with E-state index in [-0.39, 0.29) is 0 Å². The molecule has 1 aliphatic rings. The number of aromatic amines is 1. The molecule has 3 heteroatoms. The monoisotopic (exact) mass is 158 g/mol. The molecule has 3 rings (SSSR count). The van der Waals surface area contributed by atoms with Gasteiger partial charge < -0.3 is 4.98 Å². The Morgan fingerprint density at radius 2 is 2.42 bits per heavy atom. The second-order valence-corrected chi connectivity index (χ2v) is 3.22. The van der Waals surface area contributed by atoms with Crippen LogP contribution in [-0.2, 0) is 0 Å². The standard InChI is InChI=1S/C9H8N3/c1-2-6(1)8-9-7(3-4-10-8)11-5-12-9/h3-4,6H,1-2H2,(H,11,12). The summed E-state index contributed by atoms with van der Waals surface area (Å²) < 4.78 is 0. The molecule has 2 aromatic heterocycles. The molecule has 2 heterocycles. The molecule has 3 nitrogen and oxygen atoms in total. The second-order valence-electron chi connectivity index (χ2n) is 3.22. The maximum atomic E-state index is 4.34. The zero-order chi connectivity index (χ0) is 7.97. The third-order valence-corrected chi connectivity index (χ3v) is 2.27. The summed E-state index contributed by atoms with van der Waals surface area (Å²) in [5, 5.41) is 0. The fourth-order valence-corrected chi connectivity index (χ4v) is 1.49. The summed E-state index contributed by atoms with van der Waals surface area (Å²) in [6, 6.07) is 1.94. The molecular formula is C9H8N3.